The van der Waals surface area contributed by atoms with Gasteiger partial charge in [0.05, 0.1) is 6.04 Å². The van der Waals surface area contributed by atoms with Gasteiger partial charge in [-0.3, -0.25) is 4.79 Å². The molecule has 15 heteroatoms. The zero-order chi connectivity index (χ0) is 22.4. The Labute approximate surface area is 167 Å². The first-order valence-corrected chi connectivity index (χ1v) is 8.78. The number of nitrogens with two attached hydrogens (primary N) is 1. The summed E-state index contributed by atoms with van der Waals surface area (Å²) in [7, 11) is -1.42. The van der Waals surface area contributed by atoms with Gasteiger partial charge in [0, 0.05) is 12.1 Å². The molecule has 1 aromatic heterocycles. The van der Waals surface area contributed by atoms with Gasteiger partial charge in [0.25, 0.3) is 0 Å². The standard InChI is InChI=1S/C15H18BF5N6O3/c17-10-7(11(18)13(20)14(21)12(10)19)5-23-9(28)6-27-15(24-25-26-27)8(22)3-1-2-4-16(29)30/h8,29-30H,1-6,22H2,(H,23,28). The molecule has 1 aromatic carbocycles. The number of amides is 1. The lowest BCUT2D eigenvalue weighted by Gasteiger charge is -2.12. The molecular weight excluding hydrogens is 418 g/mol. The molecule has 1 atom stereocenters. The highest BCUT2D eigenvalue weighted by Crippen LogP contribution is 2.23. The van der Waals surface area contributed by atoms with E-state index in [1.807, 2.05) is 5.32 Å². The molecule has 0 aliphatic carbocycles. The quantitative estimate of drug-likeness (QED) is 0.138. The van der Waals surface area contributed by atoms with Crippen LogP contribution in [-0.2, 0) is 17.9 Å². The zero-order valence-electron chi connectivity index (χ0n) is 15.5. The van der Waals surface area contributed by atoms with Crippen LogP contribution in [0.3, 0.4) is 0 Å². The van der Waals surface area contributed by atoms with Crippen LogP contribution >= 0.6 is 0 Å². The summed E-state index contributed by atoms with van der Waals surface area (Å²) in [5.41, 5.74) is 4.77. The highest BCUT2D eigenvalue weighted by atomic mass is 19.2. The largest absolute Gasteiger partial charge is 0.451 e. The topological polar surface area (TPSA) is 139 Å². The fraction of sp³-hybridized carbons (Fsp3) is 0.467. The monoisotopic (exact) mass is 436 g/mol. The van der Waals surface area contributed by atoms with Gasteiger partial charge in [-0.25, -0.2) is 26.6 Å². The van der Waals surface area contributed by atoms with Crippen LogP contribution < -0.4 is 11.1 Å². The number of carbonyl (C=O) groups is 1. The highest BCUT2D eigenvalue weighted by molar-refractivity contribution is 6.40. The van der Waals surface area contributed by atoms with Crippen molar-refractivity contribution in [3.8, 4) is 0 Å². The summed E-state index contributed by atoms with van der Waals surface area (Å²) in [5, 5.41) is 30.3. The van der Waals surface area contributed by atoms with Crippen LogP contribution in [0.4, 0.5) is 22.0 Å². The Balaban J connectivity index is 1.97. The Bertz CT molecular complexity index is 871. The lowest BCUT2D eigenvalue weighted by atomic mass is 9.83. The molecule has 2 aromatic rings. The lowest BCUT2D eigenvalue weighted by molar-refractivity contribution is -0.122. The highest BCUT2D eigenvalue weighted by Gasteiger charge is 2.26. The van der Waals surface area contributed by atoms with Crippen LogP contribution in [0.15, 0.2) is 0 Å². The lowest BCUT2D eigenvalue weighted by Crippen LogP contribution is -2.30. The molecule has 1 amide bonds. The van der Waals surface area contributed by atoms with Crippen LogP contribution in [-0.4, -0.2) is 43.3 Å². The molecule has 0 bridgehead atoms. The SMILES string of the molecule is NC(CCCCB(O)O)c1nnnn1CC(=O)NCc1c(F)c(F)c(F)c(F)c1F. The van der Waals surface area contributed by atoms with Crippen molar-refractivity contribution in [1.29, 1.82) is 0 Å². The van der Waals surface area contributed by atoms with Crippen molar-refractivity contribution in [3.63, 3.8) is 0 Å². The van der Waals surface area contributed by atoms with E-state index in [0.29, 0.717) is 19.3 Å². The molecule has 30 heavy (non-hydrogen) atoms. The summed E-state index contributed by atoms with van der Waals surface area (Å²) < 4.78 is 67.7. The van der Waals surface area contributed by atoms with E-state index in [-0.39, 0.29) is 12.1 Å². The van der Waals surface area contributed by atoms with E-state index in [4.69, 9.17) is 15.8 Å². The molecule has 0 saturated heterocycles. The van der Waals surface area contributed by atoms with Gasteiger partial charge in [-0.2, -0.15) is 0 Å². The number of hydrogen-bond acceptors (Lipinski definition) is 7. The zero-order valence-corrected chi connectivity index (χ0v) is 15.5. The molecule has 0 aliphatic rings. The average Bonchev–Trinajstić information content (AvgIpc) is 3.16. The van der Waals surface area contributed by atoms with Crippen molar-refractivity contribution in [2.24, 2.45) is 5.73 Å². The number of nitrogens with zero attached hydrogens (tertiary/aromatic N) is 4. The van der Waals surface area contributed by atoms with Gasteiger partial charge in [0.15, 0.2) is 29.1 Å². The maximum atomic E-state index is 13.6. The second-order valence-electron chi connectivity index (χ2n) is 6.39. The molecule has 0 fully saturated rings. The Morgan fingerprint density at radius 3 is 2.27 bits per heavy atom. The van der Waals surface area contributed by atoms with E-state index in [9.17, 15) is 26.7 Å². The van der Waals surface area contributed by atoms with Crippen molar-refractivity contribution in [2.75, 3.05) is 0 Å². The van der Waals surface area contributed by atoms with Gasteiger partial charge in [-0.15, -0.1) is 5.10 Å². The summed E-state index contributed by atoms with van der Waals surface area (Å²) in [6.07, 6.45) is 1.55. The molecule has 1 heterocycles. The molecule has 164 valence electrons. The summed E-state index contributed by atoms with van der Waals surface area (Å²) in [4.78, 5) is 12.0. The summed E-state index contributed by atoms with van der Waals surface area (Å²) in [6.45, 7) is -1.46. The minimum atomic E-state index is -2.29. The van der Waals surface area contributed by atoms with Crippen molar-refractivity contribution in [3.05, 3.63) is 40.5 Å². The molecule has 0 saturated carbocycles. The average molecular weight is 436 g/mol. The third-order valence-corrected chi connectivity index (χ3v) is 4.18. The second-order valence-corrected chi connectivity index (χ2v) is 6.39. The number of halogens is 5. The predicted molar refractivity (Wildman–Crippen MR) is 91.7 cm³/mol. The normalized spacial score (nSPS) is 12.1. The van der Waals surface area contributed by atoms with Crippen LogP contribution in [0.1, 0.15) is 36.7 Å². The second kappa shape index (κ2) is 10.4. The number of tetrazole rings is 1. The van der Waals surface area contributed by atoms with Crippen LogP contribution in [0.25, 0.3) is 0 Å². The molecule has 0 spiro atoms. The number of rotatable bonds is 10. The molecule has 5 N–H and O–H groups in total. The number of nitrogens with one attached hydrogen (secondary N) is 1. The van der Waals surface area contributed by atoms with Crippen molar-refractivity contribution in [1.82, 2.24) is 25.5 Å². The first kappa shape index (κ1) is 23.6. The van der Waals surface area contributed by atoms with Crippen molar-refractivity contribution < 1.29 is 36.8 Å². The van der Waals surface area contributed by atoms with Crippen LogP contribution in [0.5, 0.6) is 0 Å². The minimum Gasteiger partial charge on any atom is -0.427 e. The maximum absolute atomic E-state index is 13.6. The van der Waals surface area contributed by atoms with Crippen LogP contribution in [0, 0.1) is 29.1 Å². The number of aromatic nitrogens is 4. The third kappa shape index (κ3) is 5.70. The smallest absolute Gasteiger partial charge is 0.427 e. The number of carbonyl (C=O) groups excluding carboxylic acids is 1. The maximum Gasteiger partial charge on any atom is 0.451 e. The predicted octanol–water partition coefficient (Wildman–Crippen LogP) is 0.328. The molecule has 9 nitrogen and oxygen atoms in total. The number of unbranched alkanes of at least 4 members (excludes halogenated alkanes) is 1. The third-order valence-electron chi connectivity index (χ3n) is 4.18. The Hall–Kier alpha value is -2.65. The van der Waals surface area contributed by atoms with Crippen LogP contribution in [0.2, 0.25) is 6.32 Å². The first-order valence-electron chi connectivity index (χ1n) is 8.78. The van der Waals surface area contributed by atoms with E-state index in [0.717, 1.165) is 4.68 Å². The van der Waals surface area contributed by atoms with Gasteiger partial charge < -0.3 is 21.1 Å². The van der Waals surface area contributed by atoms with E-state index < -0.39 is 66.8 Å². The summed E-state index contributed by atoms with van der Waals surface area (Å²) in [6, 6.07) is -0.682. The van der Waals surface area contributed by atoms with E-state index in [1.165, 1.54) is 0 Å². The van der Waals surface area contributed by atoms with Crippen molar-refractivity contribution >= 4 is 13.0 Å². The fourth-order valence-electron chi connectivity index (χ4n) is 2.59. The summed E-state index contributed by atoms with van der Waals surface area (Å²) >= 11 is 0. The molecule has 1 unspecified atom stereocenters. The summed E-state index contributed by atoms with van der Waals surface area (Å²) in [5.74, 6) is -11.3. The van der Waals surface area contributed by atoms with Gasteiger partial charge >= 0.3 is 7.12 Å². The van der Waals surface area contributed by atoms with Crippen molar-refractivity contribution in [2.45, 2.75) is 44.7 Å². The first-order chi connectivity index (χ1) is 14.1. The fourth-order valence-corrected chi connectivity index (χ4v) is 2.59. The number of benzene rings is 1. The Morgan fingerprint density at radius 1 is 1.07 bits per heavy atom. The van der Waals surface area contributed by atoms with Gasteiger partial charge in [0.1, 0.15) is 6.54 Å². The molecule has 0 aliphatic heterocycles. The Kier molecular flexibility index (Phi) is 8.20. The minimum absolute atomic E-state index is 0.130. The number of hydrogen-bond donors (Lipinski definition) is 4. The van der Waals surface area contributed by atoms with Gasteiger partial charge in [-0.1, -0.05) is 12.8 Å². The van der Waals surface area contributed by atoms with Gasteiger partial charge in [0.2, 0.25) is 11.7 Å². The molecule has 2 rings (SSSR count). The van der Waals surface area contributed by atoms with E-state index in [1.54, 1.807) is 0 Å². The van der Waals surface area contributed by atoms with E-state index >= 15 is 0 Å². The molecular formula is C15H18BF5N6O3. The van der Waals surface area contributed by atoms with Gasteiger partial charge in [-0.05, 0) is 23.2 Å². The molecule has 0 radical (unpaired) electrons. The van der Waals surface area contributed by atoms with E-state index in [2.05, 4.69) is 15.5 Å². The Morgan fingerprint density at radius 2 is 1.67 bits per heavy atom.